The van der Waals surface area contributed by atoms with E-state index >= 15 is 0 Å². The van der Waals surface area contributed by atoms with Gasteiger partial charge < -0.3 is 9.15 Å². The normalized spacial score (nSPS) is 20.4. The van der Waals surface area contributed by atoms with Crippen LogP contribution in [0, 0.1) is 0 Å². The molecule has 2 aliphatic rings. The first-order valence-electron chi connectivity index (χ1n) is 7.28. The van der Waals surface area contributed by atoms with Crippen LogP contribution in [0.2, 0.25) is 0 Å². The Morgan fingerprint density at radius 1 is 1.23 bits per heavy atom. The molecule has 3 heterocycles. The molecule has 1 saturated heterocycles. The van der Waals surface area contributed by atoms with Crippen LogP contribution in [0.15, 0.2) is 27.0 Å². The molecule has 2 aromatic heterocycles. The lowest BCUT2D eigenvalue weighted by atomic mass is 10.4. The van der Waals surface area contributed by atoms with Gasteiger partial charge in [0.15, 0.2) is 11.7 Å². The lowest BCUT2D eigenvalue weighted by Gasteiger charge is -2.25. The molecule has 1 aliphatic carbocycles. The summed E-state index contributed by atoms with van der Waals surface area (Å²) in [5.41, 5.74) is 0. The average Bonchev–Trinajstić information content (AvgIpc) is 3.06. The Bertz CT molecular complexity index is 770. The minimum Gasteiger partial charge on any atom is -0.440 e. The molecule has 0 aromatic carbocycles. The third-order valence-corrected chi connectivity index (χ3v) is 7.30. The van der Waals surface area contributed by atoms with Crippen molar-refractivity contribution >= 4 is 21.4 Å². The van der Waals surface area contributed by atoms with Gasteiger partial charge in [0.1, 0.15) is 4.21 Å². The molecule has 1 aliphatic heterocycles. The van der Waals surface area contributed by atoms with Crippen LogP contribution < -0.4 is 0 Å². The van der Waals surface area contributed by atoms with Crippen LogP contribution in [0.25, 0.3) is 10.6 Å². The monoisotopic (exact) mass is 340 g/mol. The number of hydrogen-bond donors (Lipinski definition) is 0. The lowest BCUT2D eigenvalue weighted by molar-refractivity contribution is 0.0731. The third kappa shape index (κ3) is 2.60. The highest BCUT2D eigenvalue weighted by molar-refractivity contribution is 7.91. The quantitative estimate of drug-likeness (QED) is 0.854. The van der Waals surface area contributed by atoms with Crippen molar-refractivity contribution in [3.8, 4) is 10.6 Å². The van der Waals surface area contributed by atoms with Gasteiger partial charge in [0.05, 0.1) is 24.3 Å². The van der Waals surface area contributed by atoms with Gasteiger partial charge in [-0.15, -0.1) is 11.3 Å². The molecule has 118 valence electrons. The van der Waals surface area contributed by atoms with Crippen molar-refractivity contribution < 1.29 is 17.6 Å². The van der Waals surface area contributed by atoms with Crippen molar-refractivity contribution in [2.75, 3.05) is 26.3 Å². The highest BCUT2D eigenvalue weighted by atomic mass is 32.2. The summed E-state index contributed by atoms with van der Waals surface area (Å²) in [6, 6.07) is 3.43. The maximum Gasteiger partial charge on any atom is 0.252 e. The summed E-state index contributed by atoms with van der Waals surface area (Å²) >= 11 is 1.23. The maximum atomic E-state index is 12.6. The maximum absolute atomic E-state index is 12.6. The van der Waals surface area contributed by atoms with Crippen LogP contribution in [0.4, 0.5) is 0 Å². The van der Waals surface area contributed by atoms with E-state index in [2.05, 4.69) is 4.98 Å². The molecule has 2 aromatic rings. The average molecular weight is 340 g/mol. The van der Waals surface area contributed by atoms with Gasteiger partial charge in [-0.2, -0.15) is 4.31 Å². The molecule has 0 spiro atoms. The summed E-state index contributed by atoms with van der Waals surface area (Å²) in [4.78, 5) is 5.08. The first-order chi connectivity index (χ1) is 10.6. The second kappa shape index (κ2) is 5.45. The molecule has 0 bridgehead atoms. The fraction of sp³-hybridized carbons (Fsp3) is 0.500. The van der Waals surface area contributed by atoms with Crippen LogP contribution in [0.3, 0.4) is 0 Å². The topological polar surface area (TPSA) is 72.6 Å². The third-order valence-electron chi connectivity index (χ3n) is 3.84. The molecular weight excluding hydrogens is 324 g/mol. The summed E-state index contributed by atoms with van der Waals surface area (Å²) in [5, 5.41) is 0. The van der Waals surface area contributed by atoms with Gasteiger partial charge in [-0.3, -0.25) is 0 Å². The van der Waals surface area contributed by atoms with E-state index in [9.17, 15) is 8.42 Å². The molecule has 6 nitrogen and oxygen atoms in total. The van der Waals surface area contributed by atoms with Crippen LogP contribution >= 0.6 is 11.3 Å². The Kier molecular flexibility index (Phi) is 3.56. The number of thiophene rings is 1. The van der Waals surface area contributed by atoms with Crippen LogP contribution in [-0.2, 0) is 14.8 Å². The summed E-state index contributed by atoms with van der Waals surface area (Å²) < 4.78 is 37.9. The fourth-order valence-corrected chi connectivity index (χ4v) is 5.24. The van der Waals surface area contributed by atoms with E-state index in [1.165, 1.54) is 15.6 Å². The predicted molar refractivity (Wildman–Crippen MR) is 81.4 cm³/mol. The van der Waals surface area contributed by atoms with Crippen molar-refractivity contribution in [3.63, 3.8) is 0 Å². The Labute approximate surface area is 132 Å². The Morgan fingerprint density at radius 2 is 2.00 bits per heavy atom. The minimum absolute atomic E-state index is 0.341. The summed E-state index contributed by atoms with van der Waals surface area (Å²) in [5.74, 6) is 1.86. The molecule has 22 heavy (non-hydrogen) atoms. The minimum atomic E-state index is -3.44. The van der Waals surface area contributed by atoms with Gasteiger partial charge in [-0.1, -0.05) is 0 Å². The Morgan fingerprint density at radius 3 is 2.73 bits per heavy atom. The van der Waals surface area contributed by atoms with E-state index in [1.807, 2.05) is 0 Å². The number of sulfonamides is 1. The molecule has 1 saturated carbocycles. The number of rotatable bonds is 4. The van der Waals surface area contributed by atoms with Crippen LogP contribution in [0.1, 0.15) is 24.7 Å². The number of nitrogens with zero attached hydrogens (tertiary/aromatic N) is 2. The Hall–Kier alpha value is -1.22. The molecule has 0 N–H and O–H groups in total. The van der Waals surface area contributed by atoms with E-state index in [0.717, 1.165) is 23.6 Å². The van der Waals surface area contributed by atoms with Crippen molar-refractivity contribution in [2.45, 2.75) is 23.0 Å². The predicted octanol–water partition coefficient (Wildman–Crippen LogP) is 2.30. The summed E-state index contributed by atoms with van der Waals surface area (Å²) in [6.07, 6.45) is 3.94. The van der Waals surface area contributed by atoms with Crippen molar-refractivity contribution in [1.29, 1.82) is 0 Å². The van der Waals surface area contributed by atoms with Gasteiger partial charge in [-0.25, -0.2) is 13.4 Å². The fourth-order valence-electron chi connectivity index (χ4n) is 2.43. The molecule has 0 atom stereocenters. The van der Waals surface area contributed by atoms with E-state index in [4.69, 9.17) is 9.15 Å². The number of hydrogen-bond acceptors (Lipinski definition) is 6. The number of ether oxygens (including phenoxy) is 1. The molecule has 2 fully saturated rings. The molecular formula is C14H16N2O4S2. The first kappa shape index (κ1) is 14.4. The second-order valence-electron chi connectivity index (χ2n) is 5.47. The molecule has 4 rings (SSSR count). The van der Waals surface area contributed by atoms with Gasteiger partial charge in [0.2, 0.25) is 0 Å². The molecule has 0 radical (unpaired) electrons. The van der Waals surface area contributed by atoms with E-state index in [1.54, 1.807) is 18.3 Å². The van der Waals surface area contributed by atoms with Gasteiger partial charge in [0.25, 0.3) is 10.0 Å². The zero-order valence-electron chi connectivity index (χ0n) is 11.9. The van der Waals surface area contributed by atoms with E-state index < -0.39 is 10.0 Å². The SMILES string of the molecule is O=S(=O)(c1ccc(-c2cnc(C3CC3)o2)s1)N1CCOCC1. The standard InChI is InChI=1S/C14H16N2O4S2/c17-22(18,16-5-7-19-8-6-16)13-4-3-12(21-13)11-9-15-14(20-11)10-1-2-10/h3-4,9-10H,1-2,5-8H2. The van der Waals surface area contributed by atoms with Crippen LogP contribution in [0.5, 0.6) is 0 Å². The van der Waals surface area contributed by atoms with Gasteiger partial charge in [0, 0.05) is 19.0 Å². The van der Waals surface area contributed by atoms with Crippen LogP contribution in [-0.4, -0.2) is 44.0 Å². The van der Waals surface area contributed by atoms with Gasteiger partial charge >= 0.3 is 0 Å². The molecule has 0 amide bonds. The zero-order valence-corrected chi connectivity index (χ0v) is 13.5. The largest absolute Gasteiger partial charge is 0.440 e. The second-order valence-corrected chi connectivity index (χ2v) is 8.72. The first-order valence-corrected chi connectivity index (χ1v) is 9.54. The van der Waals surface area contributed by atoms with E-state index in [-0.39, 0.29) is 0 Å². The Balaban J connectivity index is 1.59. The highest BCUT2D eigenvalue weighted by Crippen LogP contribution is 2.41. The summed E-state index contributed by atoms with van der Waals surface area (Å²) in [7, 11) is -3.44. The van der Waals surface area contributed by atoms with Gasteiger partial charge in [-0.05, 0) is 25.0 Å². The smallest absolute Gasteiger partial charge is 0.252 e. The van der Waals surface area contributed by atoms with Crippen molar-refractivity contribution in [2.24, 2.45) is 0 Å². The number of morpholine rings is 1. The number of aromatic nitrogens is 1. The van der Waals surface area contributed by atoms with Crippen molar-refractivity contribution in [1.82, 2.24) is 9.29 Å². The number of oxazole rings is 1. The molecule has 0 unspecified atom stereocenters. The highest BCUT2D eigenvalue weighted by Gasteiger charge is 2.30. The van der Waals surface area contributed by atoms with Crippen molar-refractivity contribution in [3.05, 3.63) is 24.2 Å². The zero-order chi connectivity index (χ0) is 15.2. The lowest BCUT2D eigenvalue weighted by Crippen LogP contribution is -2.40. The van der Waals surface area contributed by atoms with E-state index in [0.29, 0.717) is 42.2 Å². The summed E-state index contributed by atoms with van der Waals surface area (Å²) in [6.45, 7) is 1.71. The molecule has 8 heteroatoms.